The van der Waals surface area contributed by atoms with E-state index in [2.05, 4.69) is 40.5 Å². The Kier molecular flexibility index (Phi) is 6.01. The van der Waals surface area contributed by atoms with Crippen LogP contribution in [0.4, 0.5) is 5.69 Å². The lowest BCUT2D eigenvalue weighted by Gasteiger charge is -2.40. The van der Waals surface area contributed by atoms with Crippen molar-refractivity contribution in [3.8, 4) is 5.75 Å². The molecule has 0 aliphatic carbocycles. The molecule has 2 heterocycles. The number of benzene rings is 2. The molecule has 2 bridgehead atoms. The second kappa shape index (κ2) is 8.67. The molecule has 0 aromatic heterocycles. The van der Waals surface area contributed by atoms with E-state index in [4.69, 9.17) is 10.5 Å². The van der Waals surface area contributed by atoms with Crippen LogP contribution >= 0.6 is 11.8 Å². The molecule has 4 rings (SSSR count). The van der Waals surface area contributed by atoms with Crippen LogP contribution in [0.25, 0.3) is 0 Å². The molecule has 2 aliphatic heterocycles. The fraction of sp³-hybridized carbons (Fsp3) is 0.435. The Morgan fingerprint density at radius 1 is 1.24 bits per heavy atom. The zero-order chi connectivity index (χ0) is 20.4. The molecule has 6 heteroatoms. The Bertz CT molecular complexity index is 874. The largest absolute Gasteiger partial charge is 0.496 e. The molecular weight excluding hydrogens is 382 g/mol. The Morgan fingerprint density at radius 2 is 2.03 bits per heavy atom. The van der Waals surface area contributed by atoms with Crippen molar-refractivity contribution in [3.63, 3.8) is 0 Å². The number of nitrogens with two attached hydrogens (primary N) is 1. The minimum Gasteiger partial charge on any atom is -0.496 e. The number of nitrogens with zero attached hydrogens (tertiary/aromatic N) is 1. The Balaban J connectivity index is 1.51. The predicted molar refractivity (Wildman–Crippen MR) is 118 cm³/mol. The highest BCUT2D eigenvalue weighted by Gasteiger charge is 2.42. The molecule has 3 N–H and O–H groups in total. The van der Waals surface area contributed by atoms with Crippen LogP contribution in [0.2, 0.25) is 0 Å². The molecule has 0 radical (unpaired) electrons. The van der Waals surface area contributed by atoms with Crippen molar-refractivity contribution in [2.75, 3.05) is 25.6 Å². The van der Waals surface area contributed by atoms with Crippen molar-refractivity contribution in [2.45, 2.75) is 42.8 Å². The number of carbonyl (C=O) groups excluding carboxylic acids is 1. The summed E-state index contributed by atoms with van der Waals surface area (Å²) in [5, 5.41) is 3.28. The number of ether oxygens (including phenoxy) is 1. The van der Waals surface area contributed by atoms with Crippen LogP contribution in [0.15, 0.2) is 47.4 Å². The van der Waals surface area contributed by atoms with Crippen molar-refractivity contribution in [1.29, 1.82) is 0 Å². The van der Waals surface area contributed by atoms with Crippen LogP contribution in [-0.4, -0.2) is 42.9 Å². The summed E-state index contributed by atoms with van der Waals surface area (Å²) in [6, 6.07) is 14.7. The van der Waals surface area contributed by atoms with Crippen molar-refractivity contribution in [3.05, 3.63) is 53.6 Å². The molecule has 5 nitrogen and oxygen atoms in total. The Hall–Kier alpha value is -2.18. The molecule has 2 aliphatic rings. The van der Waals surface area contributed by atoms with Gasteiger partial charge in [0.05, 0.1) is 18.8 Å². The third-order valence-electron chi connectivity index (χ3n) is 6.32. The number of rotatable bonds is 6. The number of nitrogen functional groups attached to an aromatic ring is 1. The third-order valence-corrected chi connectivity index (χ3v) is 7.11. The first-order valence-corrected chi connectivity index (χ1v) is 11.4. The van der Waals surface area contributed by atoms with E-state index < -0.39 is 0 Å². The quantitative estimate of drug-likeness (QED) is 0.559. The van der Waals surface area contributed by atoms with E-state index in [9.17, 15) is 4.79 Å². The molecule has 2 saturated heterocycles. The Labute approximate surface area is 177 Å². The normalized spacial score (nSPS) is 25.6. The molecule has 154 valence electrons. The first-order valence-electron chi connectivity index (χ1n) is 10.2. The first kappa shape index (κ1) is 20.1. The lowest BCUT2D eigenvalue weighted by molar-refractivity contribution is 0.0661. The van der Waals surface area contributed by atoms with E-state index in [0.717, 1.165) is 36.6 Å². The van der Waals surface area contributed by atoms with Gasteiger partial charge in [-0.15, -0.1) is 11.8 Å². The SMILES string of the molecule is COc1cc(N)c(SC)cc1C(=O)NC1CCC2CCN1C2Cc1ccccc1. The fourth-order valence-electron chi connectivity index (χ4n) is 4.83. The average molecular weight is 412 g/mol. The van der Waals surface area contributed by atoms with Gasteiger partial charge < -0.3 is 15.8 Å². The van der Waals surface area contributed by atoms with Gasteiger partial charge in [0.2, 0.25) is 0 Å². The number of thioether (sulfide) groups is 1. The second-order valence-electron chi connectivity index (χ2n) is 7.90. The molecule has 1 amide bonds. The number of nitrogens with one attached hydrogen (secondary N) is 1. The summed E-state index contributed by atoms with van der Waals surface area (Å²) in [7, 11) is 1.58. The number of amides is 1. The van der Waals surface area contributed by atoms with Crippen molar-refractivity contribution >= 4 is 23.4 Å². The highest BCUT2D eigenvalue weighted by atomic mass is 32.2. The maximum Gasteiger partial charge on any atom is 0.256 e. The van der Waals surface area contributed by atoms with E-state index in [-0.39, 0.29) is 12.1 Å². The molecule has 0 spiro atoms. The summed E-state index contributed by atoms with van der Waals surface area (Å²) in [6.45, 7) is 1.04. The van der Waals surface area contributed by atoms with Crippen LogP contribution in [0.1, 0.15) is 35.2 Å². The van der Waals surface area contributed by atoms with E-state index in [0.29, 0.717) is 23.0 Å². The van der Waals surface area contributed by atoms with Crippen LogP contribution in [-0.2, 0) is 6.42 Å². The summed E-state index contributed by atoms with van der Waals surface area (Å²) in [6.07, 6.45) is 6.43. The zero-order valence-electron chi connectivity index (χ0n) is 17.1. The number of methoxy groups -OCH3 is 1. The van der Waals surface area contributed by atoms with Gasteiger partial charge in [-0.25, -0.2) is 0 Å². The highest BCUT2D eigenvalue weighted by Crippen LogP contribution is 2.38. The average Bonchev–Trinajstić information content (AvgIpc) is 3.01. The van der Waals surface area contributed by atoms with Gasteiger partial charge in [0.1, 0.15) is 5.75 Å². The number of piperidine rings is 1. The number of anilines is 1. The van der Waals surface area contributed by atoms with Gasteiger partial charge in [-0.1, -0.05) is 30.3 Å². The molecule has 0 saturated carbocycles. The van der Waals surface area contributed by atoms with Crippen LogP contribution < -0.4 is 15.8 Å². The van der Waals surface area contributed by atoms with Gasteiger partial charge in [0.15, 0.2) is 0 Å². The smallest absolute Gasteiger partial charge is 0.256 e. The summed E-state index contributed by atoms with van der Waals surface area (Å²) in [4.78, 5) is 16.5. The zero-order valence-corrected chi connectivity index (χ0v) is 17.9. The fourth-order valence-corrected chi connectivity index (χ4v) is 5.36. The summed E-state index contributed by atoms with van der Waals surface area (Å²) >= 11 is 1.53. The van der Waals surface area contributed by atoms with Gasteiger partial charge in [0, 0.05) is 29.2 Å². The van der Waals surface area contributed by atoms with Gasteiger partial charge in [-0.2, -0.15) is 0 Å². The summed E-state index contributed by atoms with van der Waals surface area (Å²) in [5.41, 5.74) is 8.61. The highest BCUT2D eigenvalue weighted by molar-refractivity contribution is 7.98. The van der Waals surface area contributed by atoms with Crippen LogP contribution in [0, 0.1) is 5.92 Å². The van der Waals surface area contributed by atoms with Crippen LogP contribution in [0.3, 0.4) is 0 Å². The maximum absolute atomic E-state index is 13.1. The van der Waals surface area contributed by atoms with Gasteiger partial charge in [0.25, 0.3) is 5.91 Å². The van der Waals surface area contributed by atoms with Crippen molar-refractivity contribution < 1.29 is 9.53 Å². The lowest BCUT2D eigenvalue weighted by atomic mass is 9.87. The molecule has 2 fully saturated rings. The van der Waals surface area contributed by atoms with E-state index in [1.54, 1.807) is 13.2 Å². The van der Waals surface area contributed by atoms with E-state index in [1.165, 1.54) is 23.7 Å². The molecule has 4 unspecified atom stereocenters. The molecular formula is C23H29N3O2S. The second-order valence-corrected chi connectivity index (χ2v) is 8.75. The first-order chi connectivity index (χ1) is 14.1. The number of hydrogen-bond donors (Lipinski definition) is 2. The van der Waals surface area contributed by atoms with Gasteiger partial charge >= 0.3 is 0 Å². The number of fused-ring (bicyclic) bond motifs is 2. The van der Waals surface area contributed by atoms with Crippen molar-refractivity contribution in [2.24, 2.45) is 5.92 Å². The molecule has 2 aromatic rings. The molecule has 4 atom stereocenters. The Morgan fingerprint density at radius 3 is 2.76 bits per heavy atom. The summed E-state index contributed by atoms with van der Waals surface area (Å²) < 4.78 is 5.43. The predicted octanol–water partition coefficient (Wildman–Crippen LogP) is 3.78. The molecule has 2 aromatic carbocycles. The minimum atomic E-state index is -0.0917. The summed E-state index contributed by atoms with van der Waals surface area (Å²) in [5.74, 6) is 1.15. The van der Waals surface area contributed by atoms with Crippen molar-refractivity contribution in [1.82, 2.24) is 10.2 Å². The maximum atomic E-state index is 13.1. The van der Waals surface area contributed by atoms with E-state index in [1.807, 2.05) is 12.3 Å². The van der Waals surface area contributed by atoms with Crippen LogP contribution in [0.5, 0.6) is 5.75 Å². The minimum absolute atomic E-state index is 0.0648. The topological polar surface area (TPSA) is 67.6 Å². The monoisotopic (exact) mass is 411 g/mol. The van der Waals surface area contributed by atoms with Gasteiger partial charge in [-0.05, 0) is 49.5 Å². The lowest BCUT2D eigenvalue weighted by Crippen LogP contribution is -2.54. The molecule has 29 heavy (non-hydrogen) atoms. The number of carbonyl (C=O) groups is 1. The standard InChI is InChI=1S/C23H29N3O2S/c1-28-20-14-18(24)21(29-2)13-17(20)23(27)25-22-9-8-16-10-11-26(22)19(16)12-15-6-4-3-5-7-15/h3-7,13-14,16,19,22H,8-12,24H2,1-2H3,(H,25,27). The van der Waals surface area contributed by atoms with Gasteiger partial charge in [-0.3, -0.25) is 9.69 Å². The van der Waals surface area contributed by atoms with E-state index >= 15 is 0 Å². The third kappa shape index (κ3) is 4.09. The number of hydrogen-bond acceptors (Lipinski definition) is 5.